The average molecular weight is 551 g/mol. The van der Waals surface area contributed by atoms with Crippen molar-refractivity contribution >= 4 is 29.2 Å². The normalized spacial score (nSPS) is 30.9. The molecule has 0 aromatic heterocycles. The Bertz CT molecular complexity index is 1200. The van der Waals surface area contributed by atoms with Crippen LogP contribution in [-0.4, -0.2) is 40.4 Å². The molecule has 9 heteroatoms. The minimum Gasteiger partial charge on any atom is -0.443 e. The quantitative estimate of drug-likeness (QED) is 0.294. The molecule has 5 nitrogen and oxygen atoms in total. The molecule has 37 heavy (non-hydrogen) atoms. The topological polar surface area (TPSA) is 73.6 Å². The van der Waals surface area contributed by atoms with E-state index in [1.807, 2.05) is 0 Å². The second-order valence-corrected chi connectivity index (χ2v) is 11.6. The minimum absolute atomic E-state index is 0.0494. The zero-order valence-electron chi connectivity index (χ0n) is 20.8. The number of hydrogen-bond acceptors (Lipinski definition) is 5. The SMILES string of the molecule is C=C/C=C(Cl)\C=C(\F)C[C@@]1(C#N)[C@H](CC2(CO)CCC2)N2[C@@H](C(=O)OC2(C)C)[C@@H]1c1cccc(Cl)c1F. The highest BCUT2D eigenvalue weighted by molar-refractivity contribution is 6.31. The summed E-state index contributed by atoms with van der Waals surface area (Å²) in [6.07, 6.45) is 6.19. The van der Waals surface area contributed by atoms with Crippen LogP contribution in [0.1, 0.15) is 57.4 Å². The van der Waals surface area contributed by atoms with Crippen molar-refractivity contribution in [2.45, 2.75) is 69.7 Å². The molecule has 1 N–H and O–H groups in total. The maximum Gasteiger partial charge on any atom is 0.325 e. The molecular weight excluding hydrogens is 521 g/mol. The highest BCUT2D eigenvalue weighted by atomic mass is 35.5. The van der Waals surface area contributed by atoms with E-state index in [9.17, 15) is 15.2 Å². The molecule has 2 saturated heterocycles. The molecule has 2 heterocycles. The van der Waals surface area contributed by atoms with Crippen LogP contribution in [0.3, 0.4) is 0 Å². The zero-order chi connectivity index (χ0) is 27.2. The van der Waals surface area contributed by atoms with Gasteiger partial charge < -0.3 is 9.84 Å². The van der Waals surface area contributed by atoms with Gasteiger partial charge in [0.2, 0.25) is 0 Å². The number of aliphatic hydroxyl groups is 1. The first-order valence-electron chi connectivity index (χ1n) is 12.3. The van der Waals surface area contributed by atoms with Crippen LogP contribution in [0.25, 0.3) is 0 Å². The number of nitriles is 1. The molecule has 3 fully saturated rings. The van der Waals surface area contributed by atoms with E-state index >= 15 is 8.78 Å². The molecule has 0 unspecified atom stereocenters. The van der Waals surface area contributed by atoms with Gasteiger partial charge in [-0.25, -0.2) is 13.7 Å². The molecule has 1 aliphatic carbocycles. The summed E-state index contributed by atoms with van der Waals surface area (Å²) in [7, 11) is 0. The Balaban J connectivity index is 1.96. The van der Waals surface area contributed by atoms with Gasteiger partial charge in [-0.15, -0.1) is 0 Å². The van der Waals surface area contributed by atoms with Crippen molar-refractivity contribution in [3.8, 4) is 6.07 Å². The Morgan fingerprint density at radius 1 is 1.41 bits per heavy atom. The third kappa shape index (κ3) is 4.63. The molecule has 4 rings (SSSR count). The summed E-state index contributed by atoms with van der Waals surface area (Å²) < 4.78 is 36.9. The monoisotopic (exact) mass is 550 g/mol. The van der Waals surface area contributed by atoms with Crippen LogP contribution in [0.15, 0.2) is 53.9 Å². The van der Waals surface area contributed by atoms with Gasteiger partial charge in [-0.1, -0.05) is 54.4 Å². The Hall–Kier alpha value is -2.24. The Labute approximate surface area is 226 Å². The molecule has 0 amide bonds. The largest absolute Gasteiger partial charge is 0.443 e. The Morgan fingerprint density at radius 3 is 2.68 bits per heavy atom. The van der Waals surface area contributed by atoms with E-state index in [0.29, 0.717) is 6.42 Å². The van der Waals surface area contributed by atoms with E-state index in [4.69, 9.17) is 27.9 Å². The summed E-state index contributed by atoms with van der Waals surface area (Å²) in [6.45, 7) is 6.86. The number of ether oxygens (including phenoxy) is 1. The van der Waals surface area contributed by atoms with Crippen LogP contribution < -0.4 is 0 Å². The molecule has 2 aliphatic heterocycles. The summed E-state index contributed by atoms with van der Waals surface area (Å²) in [5, 5.41) is 21.0. The fourth-order valence-corrected chi connectivity index (χ4v) is 6.85. The maximum absolute atomic E-state index is 15.6. The molecule has 1 aromatic rings. The van der Waals surface area contributed by atoms with Crippen molar-refractivity contribution in [2.75, 3.05) is 6.61 Å². The van der Waals surface area contributed by atoms with E-state index in [-0.39, 0.29) is 22.2 Å². The highest BCUT2D eigenvalue weighted by Crippen LogP contribution is 2.62. The lowest BCUT2D eigenvalue weighted by molar-refractivity contribution is -0.154. The number of halogens is 4. The number of carbonyl (C=O) groups is 1. The third-order valence-corrected chi connectivity index (χ3v) is 8.78. The Kier molecular flexibility index (Phi) is 7.62. The number of rotatable bonds is 8. The van der Waals surface area contributed by atoms with Gasteiger partial charge in [0.15, 0.2) is 5.72 Å². The van der Waals surface area contributed by atoms with Gasteiger partial charge in [-0.2, -0.15) is 5.26 Å². The molecule has 0 spiro atoms. The van der Waals surface area contributed by atoms with Gasteiger partial charge in [0.05, 0.1) is 16.5 Å². The fraction of sp³-hybridized carbons (Fsp3) is 0.500. The van der Waals surface area contributed by atoms with Gasteiger partial charge in [-0.3, -0.25) is 4.79 Å². The first-order chi connectivity index (χ1) is 17.4. The van der Waals surface area contributed by atoms with Crippen LogP contribution in [0.5, 0.6) is 0 Å². The predicted molar refractivity (Wildman–Crippen MR) is 138 cm³/mol. The van der Waals surface area contributed by atoms with Gasteiger partial charge in [0, 0.05) is 30.0 Å². The summed E-state index contributed by atoms with van der Waals surface area (Å²) in [6, 6.07) is 4.96. The number of hydrogen-bond donors (Lipinski definition) is 1. The number of carbonyl (C=O) groups excluding carboxylic acids is 1. The third-order valence-electron chi connectivity index (χ3n) is 8.25. The number of fused-ring (bicyclic) bond motifs is 1. The van der Waals surface area contributed by atoms with E-state index in [1.165, 1.54) is 24.3 Å². The van der Waals surface area contributed by atoms with Gasteiger partial charge in [-0.05, 0) is 62.3 Å². The smallest absolute Gasteiger partial charge is 0.325 e. The van der Waals surface area contributed by atoms with Crippen molar-refractivity contribution in [3.05, 3.63) is 70.3 Å². The molecule has 0 bridgehead atoms. The standard InChI is InChI=1S/C28H30Cl2F2N2O3/c1-4-7-17(29)12-18(31)13-28(15-33)21(14-27(16-35)10-6-11-27)34-24(25(36)37-26(34,2)3)22(28)19-8-5-9-20(30)23(19)32/h4-5,7-9,12,21-22,24,35H,1,6,10-11,13-14,16H2,2-3H3/b17-7+,18-12+/t21-,22-,24+,28+/m0/s1. The number of benzene rings is 1. The number of nitrogens with zero attached hydrogens (tertiary/aromatic N) is 2. The van der Waals surface area contributed by atoms with Crippen molar-refractivity contribution < 1.29 is 23.4 Å². The van der Waals surface area contributed by atoms with E-state index < -0.39 is 58.6 Å². The van der Waals surface area contributed by atoms with Crippen LogP contribution in [0.2, 0.25) is 5.02 Å². The van der Waals surface area contributed by atoms with Crippen molar-refractivity contribution in [1.82, 2.24) is 4.90 Å². The first-order valence-corrected chi connectivity index (χ1v) is 13.0. The second kappa shape index (κ2) is 10.1. The zero-order valence-corrected chi connectivity index (χ0v) is 22.3. The maximum atomic E-state index is 15.6. The summed E-state index contributed by atoms with van der Waals surface area (Å²) in [5.41, 5.74) is -3.18. The number of esters is 1. The van der Waals surface area contributed by atoms with Crippen molar-refractivity contribution in [3.63, 3.8) is 0 Å². The van der Waals surface area contributed by atoms with E-state index in [2.05, 4.69) is 12.6 Å². The lowest BCUT2D eigenvalue weighted by Crippen LogP contribution is -2.53. The molecule has 198 valence electrons. The van der Waals surface area contributed by atoms with Crippen LogP contribution in [-0.2, 0) is 9.53 Å². The fourth-order valence-electron chi connectivity index (χ4n) is 6.47. The van der Waals surface area contributed by atoms with Crippen molar-refractivity contribution in [2.24, 2.45) is 10.8 Å². The number of allylic oxidation sites excluding steroid dienone is 5. The Morgan fingerprint density at radius 2 is 2.11 bits per heavy atom. The van der Waals surface area contributed by atoms with Crippen LogP contribution in [0, 0.1) is 28.0 Å². The summed E-state index contributed by atoms with van der Waals surface area (Å²) in [4.78, 5) is 15.1. The molecule has 3 aliphatic rings. The highest BCUT2D eigenvalue weighted by Gasteiger charge is 2.70. The van der Waals surface area contributed by atoms with Gasteiger partial charge in [0.1, 0.15) is 17.7 Å². The van der Waals surface area contributed by atoms with Crippen LogP contribution >= 0.6 is 23.2 Å². The predicted octanol–water partition coefficient (Wildman–Crippen LogP) is 6.52. The minimum atomic E-state index is -1.60. The second-order valence-electron chi connectivity index (χ2n) is 10.8. The lowest BCUT2D eigenvalue weighted by Gasteiger charge is -2.48. The summed E-state index contributed by atoms with van der Waals surface area (Å²) >= 11 is 12.2. The molecule has 4 atom stereocenters. The lowest BCUT2D eigenvalue weighted by atomic mass is 9.59. The molecular formula is C28H30Cl2F2N2O3. The molecule has 1 aromatic carbocycles. The van der Waals surface area contributed by atoms with E-state index in [1.54, 1.807) is 24.8 Å². The van der Waals surface area contributed by atoms with Gasteiger partial charge in [0.25, 0.3) is 0 Å². The molecule has 1 saturated carbocycles. The average Bonchev–Trinajstić information content (AvgIpc) is 3.21. The molecule has 0 radical (unpaired) electrons. The first kappa shape index (κ1) is 27.8. The number of cyclic esters (lactones) is 1. The van der Waals surface area contributed by atoms with Crippen molar-refractivity contribution in [1.29, 1.82) is 5.26 Å². The summed E-state index contributed by atoms with van der Waals surface area (Å²) in [5.74, 6) is -3.16. The van der Waals surface area contributed by atoms with Gasteiger partial charge >= 0.3 is 5.97 Å². The number of aliphatic hydroxyl groups excluding tert-OH is 1. The van der Waals surface area contributed by atoms with Crippen LogP contribution in [0.4, 0.5) is 8.78 Å². The van der Waals surface area contributed by atoms with E-state index in [0.717, 1.165) is 25.3 Å².